The molecular weight excluding hydrogens is 238 g/mol. The lowest BCUT2D eigenvalue weighted by atomic mass is 9.94. The van der Waals surface area contributed by atoms with Gasteiger partial charge in [-0.1, -0.05) is 25.7 Å². The predicted octanol–water partition coefficient (Wildman–Crippen LogP) is 2.63. The Labute approximate surface area is 106 Å². The third-order valence-electron chi connectivity index (χ3n) is 3.26. The second-order valence-corrected chi connectivity index (χ2v) is 5.04. The monoisotopic (exact) mass is 255 g/mol. The van der Waals surface area contributed by atoms with Crippen LogP contribution in [0.4, 0.5) is 5.82 Å². The molecule has 0 atom stereocenters. The molecule has 17 heavy (non-hydrogen) atoms. The standard InChI is InChI=1S/C12H18ClN3O/c13-11-14-8-5-10(16-11)15-9-12(17)6-3-1-2-4-7-12/h5,8,17H,1-4,6-7,9H2,(H,14,15,16). The number of rotatable bonds is 3. The molecule has 2 N–H and O–H groups in total. The molecule has 0 amide bonds. The van der Waals surface area contributed by atoms with Crippen LogP contribution in [0.15, 0.2) is 12.3 Å². The summed E-state index contributed by atoms with van der Waals surface area (Å²) >= 11 is 5.70. The molecule has 0 aromatic carbocycles. The molecule has 0 saturated heterocycles. The van der Waals surface area contributed by atoms with Gasteiger partial charge < -0.3 is 10.4 Å². The quantitative estimate of drug-likeness (QED) is 0.644. The summed E-state index contributed by atoms with van der Waals surface area (Å²) in [5.74, 6) is 0.669. The zero-order valence-corrected chi connectivity index (χ0v) is 10.6. The van der Waals surface area contributed by atoms with Crippen molar-refractivity contribution in [2.24, 2.45) is 0 Å². The number of nitrogens with zero attached hydrogens (tertiary/aromatic N) is 2. The van der Waals surface area contributed by atoms with E-state index in [0.29, 0.717) is 12.4 Å². The van der Waals surface area contributed by atoms with Crippen LogP contribution in [0.1, 0.15) is 38.5 Å². The van der Waals surface area contributed by atoms with E-state index in [4.69, 9.17) is 11.6 Å². The zero-order chi connectivity index (χ0) is 12.1. The normalized spacial score (nSPS) is 19.6. The first-order valence-electron chi connectivity index (χ1n) is 6.13. The van der Waals surface area contributed by atoms with Crippen molar-refractivity contribution in [3.63, 3.8) is 0 Å². The number of nitrogens with one attached hydrogen (secondary N) is 1. The van der Waals surface area contributed by atoms with Gasteiger partial charge in [0.2, 0.25) is 5.28 Å². The van der Waals surface area contributed by atoms with Crippen LogP contribution in [0.25, 0.3) is 0 Å². The highest BCUT2D eigenvalue weighted by Gasteiger charge is 2.27. The van der Waals surface area contributed by atoms with Gasteiger partial charge in [0, 0.05) is 12.7 Å². The molecule has 1 aromatic heterocycles. The van der Waals surface area contributed by atoms with Gasteiger partial charge in [0.15, 0.2) is 0 Å². The molecule has 1 aliphatic rings. The Morgan fingerprint density at radius 2 is 2.00 bits per heavy atom. The number of anilines is 1. The minimum atomic E-state index is -0.603. The SMILES string of the molecule is OC1(CNc2ccnc(Cl)n2)CCCCCC1. The lowest BCUT2D eigenvalue weighted by molar-refractivity contribution is 0.0380. The van der Waals surface area contributed by atoms with Crippen molar-refractivity contribution in [1.82, 2.24) is 9.97 Å². The van der Waals surface area contributed by atoms with E-state index < -0.39 is 5.60 Å². The summed E-state index contributed by atoms with van der Waals surface area (Å²) < 4.78 is 0. The molecule has 0 spiro atoms. The van der Waals surface area contributed by atoms with Crippen LogP contribution in [0, 0.1) is 0 Å². The van der Waals surface area contributed by atoms with E-state index in [1.807, 2.05) is 0 Å². The van der Waals surface area contributed by atoms with E-state index >= 15 is 0 Å². The van der Waals surface area contributed by atoms with Gasteiger partial charge in [-0.05, 0) is 30.5 Å². The topological polar surface area (TPSA) is 58.0 Å². The van der Waals surface area contributed by atoms with E-state index in [2.05, 4.69) is 15.3 Å². The Hall–Kier alpha value is -0.870. The molecule has 0 radical (unpaired) electrons. The van der Waals surface area contributed by atoms with Crippen molar-refractivity contribution >= 4 is 17.4 Å². The predicted molar refractivity (Wildman–Crippen MR) is 68.2 cm³/mol. The van der Waals surface area contributed by atoms with Crippen molar-refractivity contribution in [2.45, 2.75) is 44.1 Å². The fraction of sp³-hybridized carbons (Fsp3) is 0.667. The summed E-state index contributed by atoms with van der Waals surface area (Å²) in [6.07, 6.45) is 7.97. The minimum absolute atomic E-state index is 0.225. The van der Waals surface area contributed by atoms with Gasteiger partial charge in [-0.2, -0.15) is 0 Å². The maximum absolute atomic E-state index is 10.4. The van der Waals surface area contributed by atoms with Crippen molar-refractivity contribution in [2.75, 3.05) is 11.9 Å². The zero-order valence-electron chi connectivity index (χ0n) is 9.82. The summed E-state index contributed by atoms with van der Waals surface area (Å²) in [5, 5.41) is 13.8. The molecule has 0 aliphatic heterocycles. The van der Waals surface area contributed by atoms with Gasteiger partial charge >= 0.3 is 0 Å². The minimum Gasteiger partial charge on any atom is -0.388 e. The molecule has 1 fully saturated rings. The smallest absolute Gasteiger partial charge is 0.224 e. The molecule has 1 aromatic rings. The summed E-state index contributed by atoms with van der Waals surface area (Å²) in [4.78, 5) is 7.86. The Balaban J connectivity index is 1.92. The van der Waals surface area contributed by atoms with Crippen LogP contribution in [0.2, 0.25) is 5.28 Å². The largest absolute Gasteiger partial charge is 0.388 e. The van der Waals surface area contributed by atoms with E-state index in [9.17, 15) is 5.11 Å². The van der Waals surface area contributed by atoms with Gasteiger partial charge in [-0.25, -0.2) is 9.97 Å². The Morgan fingerprint density at radius 1 is 1.29 bits per heavy atom. The molecule has 2 rings (SSSR count). The maximum Gasteiger partial charge on any atom is 0.224 e. The molecular formula is C12H18ClN3O. The fourth-order valence-corrected chi connectivity index (χ4v) is 2.40. The molecule has 5 heteroatoms. The van der Waals surface area contributed by atoms with Gasteiger partial charge in [0.1, 0.15) is 5.82 Å². The highest BCUT2D eigenvalue weighted by Crippen LogP contribution is 2.27. The van der Waals surface area contributed by atoms with Crippen LogP contribution in [-0.4, -0.2) is 27.2 Å². The van der Waals surface area contributed by atoms with E-state index in [1.165, 1.54) is 12.8 Å². The molecule has 1 heterocycles. The molecule has 1 saturated carbocycles. The average Bonchev–Trinajstić information content (AvgIpc) is 2.53. The van der Waals surface area contributed by atoms with Gasteiger partial charge in [0.25, 0.3) is 0 Å². The fourth-order valence-electron chi connectivity index (χ4n) is 2.25. The van der Waals surface area contributed by atoms with Crippen LogP contribution in [0.5, 0.6) is 0 Å². The Bertz CT molecular complexity index is 365. The third-order valence-corrected chi connectivity index (χ3v) is 3.44. The first-order valence-corrected chi connectivity index (χ1v) is 6.51. The Morgan fingerprint density at radius 3 is 2.65 bits per heavy atom. The lowest BCUT2D eigenvalue weighted by Crippen LogP contribution is -2.36. The lowest BCUT2D eigenvalue weighted by Gasteiger charge is -2.27. The van der Waals surface area contributed by atoms with Crippen LogP contribution in [-0.2, 0) is 0 Å². The molecule has 1 aliphatic carbocycles. The second-order valence-electron chi connectivity index (χ2n) is 4.70. The van der Waals surface area contributed by atoms with E-state index in [1.54, 1.807) is 12.3 Å². The van der Waals surface area contributed by atoms with Gasteiger partial charge in [-0.3, -0.25) is 0 Å². The summed E-state index contributed by atoms with van der Waals surface area (Å²) in [6, 6.07) is 1.76. The number of halogens is 1. The molecule has 0 bridgehead atoms. The number of hydrogen-bond acceptors (Lipinski definition) is 4. The molecule has 4 nitrogen and oxygen atoms in total. The van der Waals surface area contributed by atoms with Gasteiger partial charge in [0.05, 0.1) is 5.60 Å². The Kier molecular flexibility index (Phi) is 4.18. The third kappa shape index (κ3) is 3.82. The van der Waals surface area contributed by atoms with E-state index in [0.717, 1.165) is 25.7 Å². The number of hydrogen-bond donors (Lipinski definition) is 2. The average molecular weight is 256 g/mol. The van der Waals surface area contributed by atoms with Crippen LogP contribution >= 0.6 is 11.6 Å². The maximum atomic E-state index is 10.4. The van der Waals surface area contributed by atoms with Crippen LogP contribution in [0.3, 0.4) is 0 Å². The summed E-state index contributed by atoms with van der Waals surface area (Å²) in [7, 11) is 0. The summed E-state index contributed by atoms with van der Waals surface area (Å²) in [6.45, 7) is 0.528. The first kappa shape index (κ1) is 12.6. The van der Waals surface area contributed by atoms with Crippen LogP contribution < -0.4 is 5.32 Å². The van der Waals surface area contributed by atoms with Crippen molar-refractivity contribution in [1.29, 1.82) is 0 Å². The number of aliphatic hydroxyl groups is 1. The molecule has 94 valence electrons. The van der Waals surface area contributed by atoms with Crippen molar-refractivity contribution in [3.8, 4) is 0 Å². The second kappa shape index (κ2) is 5.65. The first-order chi connectivity index (χ1) is 8.18. The highest BCUT2D eigenvalue weighted by molar-refractivity contribution is 6.28. The van der Waals surface area contributed by atoms with Gasteiger partial charge in [-0.15, -0.1) is 0 Å². The highest BCUT2D eigenvalue weighted by atomic mass is 35.5. The summed E-state index contributed by atoms with van der Waals surface area (Å²) in [5.41, 5.74) is -0.603. The van der Waals surface area contributed by atoms with E-state index in [-0.39, 0.29) is 5.28 Å². The number of aromatic nitrogens is 2. The molecule has 0 unspecified atom stereocenters. The van der Waals surface area contributed by atoms with Crippen molar-refractivity contribution < 1.29 is 5.11 Å². The van der Waals surface area contributed by atoms with Crippen molar-refractivity contribution in [3.05, 3.63) is 17.5 Å².